The fraction of sp³-hybridized carbons (Fsp3) is 0.250. The zero-order chi connectivity index (χ0) is 20.2. The zero-order valence-corrected chi connectivity index (χ0v) is 15.9. The van der Waals surface area contributed by atoms with Crippen molar-refractivity contribution in [1.29, 1.82) is 0 Å². The predicted octanol–water partition coefficient (Wildman–Crippen LogP) is -0.755. The summed E-state index contributed by atoms with van der Waals surface area (Å²) >= 11 is 0. The Bertz CT molecular complexity index is 757. The summed E-state index contributed by atoms with van der Waals surface area (Å²) in [7, 11) is 0. The number of hydrogen-bond acceptors (Lipinski definition) is 5. The first kappa shape index (κ1) is 29.2. The number of hydrogen-bond donors (Lipinski definition) is 1. The Morgan fingerprint density at radius 1 is 1.03 bits per heavy atom. The number of terminal acetylenes is 1. The molecule has 0 unspecified atom stereocenters. The van der Waals surface area contributed by atoms with Gasteiger partial charge in [0.2, 0.25) is 0 Å². The number of rotatable bonds is 6. The first-order valence-electron chi connectivity index (χ1n) is 7.97. The molecule has 2 aromatic carbocycles. The third kappa shape index (κ3) is 12.2. The Morgan fingerprint density at radius 2 is 1.45 bits per heavy atom. The molecule has 1 N–H and O–H groups in total. The van der Waals surface area contributed by atoms with Gasteiger partial charge in [0.1, 0.15) is 35.3 Å². The van der Waals surface area contributed by atoms with Crippen molar-refractivity contribution in [2.24, 2.45) is 0 Å². The van der Waals surface area contributed by atoms with Crippen molar-refractivity contribution in [3.63, 3.8) is 0 Å². The number of ether oxygens (including phenoxy) is 3. The molecular weight excluding hydrogens is 392 g/mol. The van der Waals surface area contributed by atoms with E-state index in [0.29, 0.717) is 11.5 Å². The molecule has 0 aliphatic rings. The van der Waals surface area contributed by atoms with Gasteiger partial charge in [0.15, 0.2) is 23.5 Å². The third-order valence-corrected chi connectivity index (χ3v) is 3.03. The molecule has 0 spiro atoms. The molecule has 29 heavy (non-hydrogen) atoms. The van der Waals surface area contributed by atoms with E-state index in [9.17, 15) is 13.6 Å². The maximum atomic E-state index is 12.5. The monoisotopic (exact) mass is 416 g/mol. The molecule has 5 nitrogen and oxygen atoms in total. The molecule has 2 aromatic rings. The van der Waals surface area contributed by atoms with Crippen LogP contribution < -0.4 is 28.3 Å². The van der Waals surface area contributed by atoms with E-state index in [4.69, 9.17) is 21.0 Å². The summed E-state index contributed by atoms with van der Waals surface area (Å²) in [5.74, 6) is -0.391. The van der Waals surface area contributed by atoms with Crippen LogP contribution in [-0.4, -0.2) is 47.3 Å². The van der Waals surface area contributed by atoms with Gasteiger partial charge in [0.05, 0.1) is 6.61 Å². The Morgan fingerprint density at radius 3 is 1.83 bits per heavy atom. The van der Waals surface area contributed by atoms with Gasteiger partial charge in [0.25, 0.3) is 0 Å². The van der Waals surface area contributed by atoms with Crippen LogP contribution in [0.1, 0.15) is 15.3 Å². The van der Waals surface area contributed by atoms with E-state index in [1.54, 1.807) is 13.0 Å². The van der Waals surface area contributed by atoms with Crippen LogP contribution in [-0.2, 0) is 9.53 Å². The van der Waals surface area contributed by atoms with Gasteiger partial charge in [-0.25, -0.2) is 13.6 Å². The van der Waals surface area contributed by atoms with E-state index in [-0.39, 0.29) is 62.0 Å². The molecule has 0 radical (unpaired) electrons. The molecular formula is C20H24AlF2LiO5. The molecule has 2 atom stereocenters. The van der Waals surface area contributed by atoms with Gasteiger partial charge >= 0.3 is 24.8 Å². The van der Waals surface area contributed by atoms with Crippen molar-refractivity contribution in [3.05, 3.63) is 60.2 Å². The summed E-state index contributed by atoms with van der Waals surface area (Å²) in [4.78, 5) is 11.1. The smallest absolute Gasteiger partial charge is 1.00 e. The Balaban J connectivity index is -0.000000450. The SMILES string of the molecule is C#COC(=O)[C@@H](C)Oc1ccc(F)cc1.C[C@H](CO)Oc1ccc(F)cc1.[AlH3].[H-].[Li+]. The van der Waals surface area contributed by atoms with Gasteiger partial charge in [-0.1, -0.05) is 6.42 Å². The molecule has 2 rings (SSSR count). The molecule has 0 saturated carbocycles. The number of aliphatic hydroxyl groups excluding tert-OH is 1. The number of aliphatic hydroxyl groups is 1. The summed E-state index contributed by atoms with van der Waals surface area (Å²) in [6.45, 7) is 3.18. The summed E-state index contributed by atoms with van der Waals surface area (Å²) < 4.78 is 39.6. The van der Waals surface area contributed by atoms with E-state index >= 15 is 0 Å². The van der Waals surface area contributed by atoms with Gasteiger partial charge in [-0.15, -0.1) is 0 Å². The fourth-order valence-electron chi connectivity index (χ4n) is 1.69. The summed E-state index contributed by atoms with van der Waals surface area (Å²) in [5.41, 5.74) is 0. The van der Waals surface area contributed by atoms with E-state index in [1.807, 2.05) is 0 Å². The quantitative estimate of drug-likeness (QED) is 0.381. The number of halogens is 2. The second-order valence-electron chi connectivity index (χ2n) is 5.32. The Labute approximate surface area is 193 Å². The van der Waals surface area contributed by atoms with E-state index in [0.717, 1.165) is 0 Å². The predicted molar refractivity (Wildman–Crippen MR) is 106 cm³/mol. The van der Waals surface area contributed by atoms with Crippen molar-refractivity contribution in [1.82, 2.24) is 0 Å². The van der Waals surface area contributed by atoms with Crippen LogP contribution in [0.25, 0.3) is 0 Å². The minimum Gasteiger partial charge on any atom is -1.00 e. The van der Waals surface area contributed by atoms with Gasteiger partial charge < -0.3 is 20.7 Å². The molecule has 0 bridgehead atoms. The van der Waals surface area contributed by atoms with Gasteiger partial charge in [-0.3, -0.25) is 0 Å². The van der Waals surface area contributed by atoms with Gasteiger partial charge in [0, 0.05) is 0 Å². The number of esters is 1. The average Bonchev–Trinajstić information content (AvgIpc) is 2.66. The number of carbonyl (C=O) groups excluding carboxylic acids is 1. The topological polar surface area (TPSA) is 65.0 Å². The Kier molecular flexibility index (Phi) is 16.0. The van der Waals surface area contributed by atoms with Crippen LogP contribution in [0.3, 0.4) is 0 Å². The fourth-order valence-corrected chi connectivity index (χ4v) is 1.69. The molecule has 0 aliphatic carbocycles. The summed E-state index contributed by atoms with van der Waals surface area (Å²) in [6.07, 6.45) is 5.45. The molecule has 0 saturated heterocycles. The van der Waals surface area contributed by atoms with E-state index in [1.165, 1.54) is 55.5 Å². The van der Waals surface area contributed by atoms with Crippen LogP contribution in [0.15, 0.2) is 48.5 Å². The second-order valence-corrected chi connectivity index (χ2v) is 5.32. The van der Waals surface area contributed by atoms with Crippen LogP contribution in [0.2, 0.25) is 0 Å². The van der Waals surface area contributed by atoms with Crippen LogP contribution >= 0.6 is 0 Å². The van der Waals surface area contributed by atoms with Crippen LogP contribution in [0.5, 0.6) is 11.5 Å². The molecule has 9 heteroatoms. The summed E-state index contributed by atoms with van der Waals surface area (Å²) in [6, 6.07) is 11.0. The van der Waals surface area contributed by atoms with Crippen molar-refractivity contribution in [2.75, 3.05) is 6.61 Å². The largest absolute Gasteiger partial charge is 1.00 e. The van der Waals surface area contributed by atoms with Crippen molar-refractivity contribution in [3.8, 4) is 24.0 Å². The zero-order valence-electron chi connectivity index (χ0n) is 16.9. The molecule has 0 heterocycles. The minimum absolute atomic E-state index is 0. The van der Waals surface area contributed by atoms with Gasteiger partial charge in [-0.2, -0.15) is 0 Å². The molecule has 0 aromatic heterocycles. The molecule has 0 fully saturated rings. The number of benzene rings is 2. The maximum Gasteiger partial charge on any atom is 1.00 e. The standard InChI is InChI=1S/C11H9FO3.C9H11FO2.Al.Li.4H/c1-3-14-11(13)8(2)15-10-6-4-9(12)5-7-10;1-7(6-11)12-9-4-2-8(10)3-5-9;;;;;;/h1,4-8H,2H3;2-5,7,11H,6H2,1H3;;;;;;/q;;;+1;;;;-1/t8-;7-;;;;;;/m11....../s1. The summed E-state index contributed by atoms with van der Waals surface area (Å²) in [5, 5.41) is 8.65. The average molecular weight is 416 g/mol. The Hall–Kier alpha value is -1.98. The maximum absolute atomic E-state index is 12.5. The molecule has 0 amide bonds. The normalized spacial score (nSPS) is 11.0. The van der Waals surface area contributed by atoms with Crippen molar-refractivity contribution in [2.45, 2.75) is 26.1 Å². The van der Waals surface area contributed by atoms with E-state index < -0.39 is 12.1 Å². The van der Waals surface area contributed by atoms with Gasteiger partial charge in [-0.05, 0) is 62.4 Å². The number of carbonyl (C=O) groups is 1. The molecule has 0 aliphatic heterocycles. The molecule has 152 valence electrons. The van der Waals surface area contributed by atoms with E-state index in [2.05, 4.69) is 4.74 Å². The van der Waals surface area contributed by atoms with Crippen LogP contribution in [0.4, 0.5) is 8.78 Å². The van der Waals surface area contributed by atoms with Crippen molar-refractivity contribution < 1.29 is 53.2 Å². The third-order valence-electron chi connectivity index (χ3n) is 3.03. The second kappa shape index (κ2) is 15.9. The van der Waals surface area contributed by atoms with Crippen molar-refractivity contribution >= 4 is 23.3 Å². The van der Waals surface area contributed by atoms with Crippen LogP contribution in [0, 0.1) is 24.2 Å². The first-order chi connectivity index (χ1) is 12.8. The first-order valence-corrected chi connectivity index (χ1v) is 7.97. The minimum atomic E-state index is -0.827.